The van der Waals surface area contributed by atoms with Gasteiger partial charge >= 0.3 is 0 Å². The van der Waals surface area contributed by atoms with Gasteiger partial charge in [-0.15, -0.1) is 0 Å². The molecular formula is C9H9NO3. The van der Waals surface area contributed by atoms with Crippen LogP contribution in [0.3, 0.4) is 0 Å². The normalized spacial score (nSPS) is 43.4. The molecular weight excluding hydrogens is 170 g/mol. The van der Waals surface area contributed by atoms with Gasteiger partial charge in [0.15, 0.2) is 11.8 Å². The van der Waals surface area contributed by atoms with Gasteiger partial charge < -0.3 is 14.9 Å². The Bertz CT molecular complexity index is 377. The third kappa shape index (κ3) is 0.508. The molecule has 0 aromatic carbocycles. The summed E-state index contributed by atoms with van der Waals surface area (Å²) < 4.78 is 5.45. The van der Waals surface area contributed by atoms with Gasteiger partial charge in [0.05, 0.1) is 12.2 Å². The summed E-state index contributed by atoms with van der Waals surface area (Å²) in [4.78, 5) is 2.58. The average Bonchev–Trinajstić information content (AvgIpc) is 2.58. The Morgan fingerprint density at radius 2 is 1.62 bits per heavy atom. The zero-order valence-electron chi connectivity index (χ0n) is 6.82. The van der Waals surface area contributed by atoms with E-state index < -0.39 is 0 Å². The van der Waals surface area contributed by atoms with Crippen molar-refractivity contribution in [1.82, 2.24) is 4.98 Å². The molecule has 4 atom stereocenters. The van der Waals surface area contributed by atoms with Gasteiger partial charge in [0.2, 0.25) is 0 Å². The van der Waals surface area contributed by atoms with Crippen molar-refractivity contribution >= 4 is 0 Å². The molecule has 1 aromatic heterocycles. The van der Waals surface area contributed by atoms with Gasteiger partial charge in [-0.25, -0.2) is 0 Å². The fourth-order valence-electron chi connectivity index (χ4n) is 3.14. The lowest BCUT2D eigenvalue weighted by atomic mass is 9.95. The van der Waals surface area contributed by atoms with Crippen LogP contribution < -0.4 is 0 Å². The SMILES string of the molecule is Oc1[nH]c(O)c2c1[C@H]1C[C@@H]2[C@@H]2O[C@@H]21. The molecule has 4 rings (SSSR count). The number of aromatic amines is 1. The molecule has 0 radical (unpaired) electrons. The van der Waals surface area contributed by atoms with Crippen LogP contribution in [0.1, 0.15) is 29.4 Å². The number of ether oxygens (including phenoxy) is 1. The van der Waals surface area contributed by atoms with E-state index in [1.165, 1.54) is 0 Å². The zero-order valence-corrected chi connectivity index (χ0v) is 6.82. The molecule has 0 amide bonds. The molecule has 1 saturated heterocycles. The predicted octanol–water partition coefficient (Wildman–Crippen LogP) is 0.778. The number of epoxide rings is 1. The summed E-state index contributed by atoms with van der Waals surface area (Å²) in [5, 5.41) is 19.1. The smallest absolute Gasteiger partial charge is 0.195 e. The van der Waals surface area contributed by atoms with Crippen molar-refractivity contribution in [2.75, 3.05) is 0 Å². The highest BCUT2D eigenvalue weighted by atomic mass is 16.6. The molecule has 3 aliphatic rings. The number of H-pyrrole nitrogens is 1. The molecule has 4 heteroatoms. The molecule has 2 bridgehead atoms. The highest BCUT2D eigenvalue weighted by molar-refractivity contribution is 5.57. The molecule has 2 heterocycles. The van der Waals surface area contributed by atoms with Crippen LogP contribution >= 0.6 is 0 Å². The Morgan fingerprint density at radius 1 is 1.08 bits per heavy atom. The third-order valence-electron chi connectivity index (χ3n) is 3.64. The van der Waals surface area contributed by atoms with E-state index in [1.807, 2.05) is 0 Å². The summed E-state index contributed by atoms with van der Waals surface area (Å²) >= 11 is 0. The summed E-state index contributed by atoms with van der Waals surface area (Å²) in [7, 11) is 0. The number of nitrogens with one attached hydrogen (secondary N) is 1. The minimum atomic E-state index is 0.133. The fraction of sp³-hybridized carbons (Fsp3) is 0.556. The Morgan fingerprint density at radius 3 is 2.15 bits per heavy atom. The first kappa shape index (κ1) is 6.32. The van der Waals surface area contributed by atoms with Crippen LogP contribution in [0.15, 0.2) is 0 Å². The monoisotopic (exact) mass is 179 g/mol. The molecule has 2 aliphatic carbocycles. The maximum absolute atomic E-state index is 9.54. The lowest BCUT2D eigenvalue weighted by Crippen LogP contribution is -2.04. The Hall–Kier alpha value is -1.16. The van der Waals surface area contributed by atoms with Crippen molar-refractivity contribution in [3.63, 3.8) is 0 Å². The van der Waals surface area contributed by atoms with Gasteiger partial charge in [0.25, 0.3) is 0 Å². The van der Waals surface area contributed by atoms with Gasteiger partial charge in [-0.3, -0.25) is 4.98 Å². The quantitative estimate of drug-likeness (QED) is 0.515. The van der Waals surface area contributed by atoms with Gasteiger partial charge in [0, 0.05) is 23.0 Å². The predicted molar refractivity (Wildman–Crippen MR) is 42.9 cm³/mol. The summed E-state index contributed by atoms with van der Waals surface area (Å²) in [5.74, 6) is 0.909. The molecule has 68 valence electrons. The average molecular weight is 179 g/mol. The second-order valence-electron chi connectivity index (χ2n) is 4.16. The molecule has 0 unspecified atom stereocenters. The molecule has 1 aromatic rings. The maximum Gasteiger partial charge on any atom is 0.195 e. The maximum atomic E-state index is 9.54. The number of aromatic hydroxyl groups is 2. The van der Waals surface area contributed by atoms with E-state index in [-0.39, 0.29) is 11.8 Å². The van der Waals surface area contributed by atoms with E-state index in [2.05, 4.69) is 4.98 Å². The number of hydrogen-bond acceptors (Lipinski definition) is 3. The van der Waals surface area contributed by atoms with E-state index in [4.69, 9.17) is 4.74 Å². The highest BCUT2D eigenvalue weighted by Gasteiger charge is 2.64. The van der Waals surface area contributed by atoms with Crippen molar-refractivity contribution in [3.05, 3.63) is 11.1 Å². The molecule has 13 heavy (non-hydrogen) atoms. The first-order valence-corrected chi connectivity index (χ1v) is 4.56. The van der Waals surface area contributed by atoms with E-state index in [9.17, 15) is 10.2 Å². The number of rotatable bonds is 0. The van der Waals surface area contributed by atoms with Crippen LogP contribution in [-0.2, 0) is 4.74 Å². The second kappa shape index (κ2) is 1.57. The summed E-state index contributed by atoms with van der Waals surface area (Å²) in [6, 6.07) is 0. The van der Waals surface area contributed by atoms with Crippen LogP contribution in [0.25, 0.3) is 0 Å². The number of fused-ring (bicyclic) bond motifs is 8. The first-order chi connectivity index (χ1) is 6.27. The van der Waals surface area contributed by atoms with Gasteiger partial charge in [-0.2, -0.15) is 0 Å². The summed E-state index contributed by atoms with van der Waals surface area (Å²) in [5.41, 5.74) is 1.81. The second-order valence-corrected chi connectivity index (χ2v) is 4.16. The van der Waals surface area contributed by atoms with Gasteiger partial charge in [-0.05, 0) is 6.42 Å². The van der Waals surface area contributed by atoms with Crippen molar-refractivity contribution in [2.45, 2.75) is 30.5 Å². The zero-order chi connectivity index (χ0) is 8.74. The third-order valence-corrected chi connectivity index (χ3v) is 3.64. The van der Waals surface area contributed by atoms with Crippen LogP contribution in [0, 0.1) is 0 Å². The molecule has 4 nitrogen and oxygen atoms in total. The summed E-state index contributed by atoms with van der Waals surface area (Å²) in [6.45, 7) is 0. The van der Waals surface area contributed by atoms with E-state index in [1.54, 1.807) is 0 Å². The summed E-state index contributed by atoms with van der Waals surface area (Å²) in [6.07, 6.45) is 1.67. The van der Waals surface area contributed by atoms with Gasteiger partial charge in [0.1, 0.15) is 0 Å². The molecule has 2 fully saturated rings. The van der Waals surface area contributed by atoms with E-state index in [0.29, 0.717) is 24.0 Å². The fourth-order valence-corrected chi connectivity index (χ4v) is 3.14. The van der Waals surface area contributed by atoms with Crippen molar-refractivity contribution in [1.29, 1.82) is 0 Å². The van der Waals surface area contributed by atoms with Crippen molar-refractivity contribution in [3.8, 4) is 11.8 Å². The van der Waals surface area contributed by atoms with Crippen LogP contribution in [0.4, 0.5) is 0 Å². The van der Waals surface area contributed by atoms with Crippen LogP contribution in [0.5, 0.6) is 11.8 Å². The lowest BCUT2D eigenvalue weighted by molar-refractivity contribution is 0.292. The van der Waals surface area contributed by atoms with Crippen molar-refractivity contribution < 1.29 is 14.9 Å². The van der Waals surface area contributed by atoms with E-state index >= 15 is 0 Å². The minimum Gasteiger partial charge on any atom is -0.494 e. The molecule has 1 aliphatic heterocycles. The first-order valence-electron chi connectivity index (χ1n) is 4.56. The topological polar surface area (TPSA) is 68.8 Å². The molecule has 1 saturated carbocycles. The number of hydrogen-bond donors (Lipinski definition) is 3. The van der Waals surface area contributed by atoms with Crippen LogP contribution in [-0.4, -0.2) is 27.4 Å². The minimum absolute atomic E-state index is 0.133. The highest BCUT2D eigenvalue weighted by Crippen LogP contribution is 2.66. The van der Waals surface area contributed by atoms with Gasteiger partial charge in [-0.1, -0.05) is 0 Å². The largest absolute Gasteiger partial charge is 0.494 e. The Kier molecular flexibility index (Phi) is 0.764. The molecule has 3 N–H and O–H groups in total. The lowest BCUT2D eigenvalue weighted by Gasteiger charge is -2.05. The Labute approximate surface area is 74.1 Å². The number of aromatic nitrogens is 1. The molecule has 0 spiro atoms. The standard InChI is InChI=1S/C9H9NO3/c11-8-4-2-1-3(7-6(2)13-7)5(4)9(12)10-8/h2-3,6-7,10-12H,1H2/t2-,3+,6-,7+. The van der Waals surface area contributed by atoms with E-state index in [0.717, 1.165) is 17.5 Å². The van der Waals surface area contributed by atoms with Crippen LogP contribution in [0.2, 0.25) is 0 Å². The Balaban J connectivity index is 2.03. The van der Waals surface area contributed by atoms with Crippen molar-refractivity contribution in [2.24, 2.45) is 0 Å².